The molecule has 0 saturated heterocycles. The molecule has 1 amide bonds. The Bertz CT molecular complexity index is 1220. The van der Waals surface area contributed by atoms with Gasteiger partial charge in [-0.1, -0.05) is 293 Å². The van der Waals surface area contributed by atoms with Crippen LogP contribution < -0.4 is 5.32 Å². The molecular weight excluding hydrogens is 851 g/mol. The Hall–Kier alpha value is -2.44. The standard InChI is InChI=1S/C63H115NO5/c1-4-7-10-13-16-19-22-25-28-31-33-36-39-42-45-48-51-54-59(69-63(68)56-53-50-47-44-41-38-35-30-27-24-21-18-15-12-9-6-3)57-62(67)64-60(58-65)61(66)55-52-49-46-43-40-37-34-32-29-26-23-20-17-14-11-8-5-2/h9,12,18,21,27,30,38,41,47,50,59-61,65-66H,4-8,10-11,13-17,19-20,22-26,28-29,31-37,39-40,42-46,48-49,51-58H2,1-3H3,(H,64,67)/b12-9+,21-18+,30-27+,41-38+,50-47+. The van der Waals surface area contributed by atoms with Gasteiger partial charge in [0.05, 0.1) is 25.2 Å². The highest BCUT2D eigenvalue weighted by Gasteiger charge is 2.24. The summed E-state index contributed by atoms with van der Waals surface area (Å²) >= 11 is 0. The van der Waals surface area contributed by atoms with Gasteiger partial charge in [-0.15, -0.1) is 0 Å². The molecule has 0 radical (unpaired) electrons. The number of aliphatic hydroxyl groups is 2. The summed E-state index contributed by atoms with van der Waals surface area (Å²) in [4.78, 5) is 26.3. The van der Waals surface area contributed by atoms with Gasteiger partial charge in [-0.25, -0.2) is 0 Å². The van der Waals surface area contributed by atoms with Crippen LogP contribution in [0, 0.1) is 0 Å². The topological polar surface area (TPSA) is 95.9 Å². The second-order valence-electron chi connectivity index (χ2n) is 20.4. The molecule has 3 unspecified atom stereocenters. The fourth-order valence-corrected chi connectivity index (χ4v) is 9.13. The summed E-state index contributed by atoms with van der Waals surface area (Å²) in [7, 11) is 0. The van der Waals surface area contributed by atoms with Gasteiger partial charge in [-0.2, -0.15) is 0 Å². The Morgan fingerprint density at radius 3 is 1.10 bits per heavy atom. The Kier molecular flexibility index (Phi) is 54.5. The van der Waals surface area contributed by atoms with Gasteiger partial charge in [0, 0.05) is 6.42 Å². The quantitative estimate of drug-likeness (QED) is 0.0321. The second-order valence-corrected chi connectivity index (χ2v) is 20.4. The van der Waals surface area contributed by atoms with Crippen molar-refractivity contribution >= 4 is 11.9 Å². The highest BCUT2D eigenvalue weighted by Crippen LogP contribution is 2.19. The molecule has 0 spiro atoms. The highest BCUT2D eigenvalue weighted by molar-refractivity contribution is 5.77. The predicted octanol–water partition coefficient (Wildman–Crippen LogP) is 18.7. The van der Waals surface area contributed by atoms with E-state index in [1.54, 1.807) is 0 Å². The molecule has 3 N–H and O–H groups in total. The van der Waals surface area contributed by atoms with Crippen LogP contribution in [0.15, 0.2) is 60.8 Å². The average Bonchev–Trinajstić information content (AvgIpc) is 3.34. The van der Waals surface area contributed by atoms with Crippen molar-refractivity contribution < 1.29 is 24.5 Å². The Labute approximate surface area is 428 Å². The van der Waals surface area contributed by atoms with Crippen molar-refractivity contribution in [2.24, 2.45) is 0 Å². The molecule has 0 bridgehead atoms. The van der Waals surface area contributed by atoms with E-state index < -0.39 is 18.2 Å². The largest absolute Gasteiger partial charge is 0.462 e. The van der Waals surface area contributed by atoms with E-state index in [-0.39, 0.29) is 31.3 Å². The van der Waals surface area contributed by atoms with E-state index in [0.29, 0.717) is 19.3 Å². The monoisotopic (exact) mass is 966 g/mol. The number of hydrogen-bond acceptors (Lipinski definition) is 5. The fraction of sp³-hybridized carbons (Fsp3) is 0.810. The first-order valence-corrected chi connectivity index (χ1v) is 30.0. The number of amides is 1. The number of aliphatic hydroxyl groups excluding tert-OH is 2. The van der Waals surface area contributed by atoms with Crippen molar-refractivity contribution in [3.05, 3.63) is 60.8 Å². The van der Waals surface area contributed by atoms with Crippen molar-refractivity contribution in [3.63, 3.8) is 0 Å². The molecule has 6 nitrogen and oxygen atoms in total. The lowest BCUT2D eigenvalue weighted by Crippen LogP contribution is -2.46. The first kappa shape index (κ1) is 66.6. The first-order valence-electron chi connectivity index (χ1n) is 30.0. The third kappa shape index (κ3) is 51.7. The van der Waals surface area contributed by atoms with Gasteiger partial charge in [-0.3, -0.25) is 9.59 Å². The van der Waals surface area contributed by atoms with Crippen LogP contribution in [0.2, 0.25) is 0 Å². The molecule has 402 valence electrons. The molecule has 0 heterocycles. The number of hydrogen-bond donors (Lipinski definition) is 3. The van der Waals surface area contributed by atoms with Gasteiger partial charge in [0.1, 0.15) is 6.10 Å². The number of esters is 1. The van der Waals surface area contributed by atoms with E-state index in [1.807, 2.05) is 6.08 Å². The molecule has 6 heteroatoms. The lowest BCUT2D eigenvalue weighted by atomic mass is 10.0. The summed E-state index contributed by atoms with van der Waals surface area (Å²) in [5.41, 5.74) is 0. The van der Waals surface area contributed by atoms with E-state index in [0.717, 1.165) is 70.6 Å². The molecule has 69 heavy (non-hydrogen) atoms. The number of allylic oxidation sites excluding steroid dienone is 10. The Balaban J connectivity index is 4.61. The fourth-order valence-electron chi connectivity index (χ4n) is 9.13. The van der Waals surface area contributed by atoms with Gasteiger partial charge in [0.2, 0.25) is 5.91 Å². The number of unbranched alkanes of at least 4 members (excludes halogenated alkanes) is 32. The van der Waals surface area contributed by atoms with Crippen molar-refractivity contribution in [1.82, 2.24) is 5.32 Å². The minimum absolute atomic E-state index is 0.0502. The lowest BCUT2D eigenvalue weighted by Gasteiger charge is -2.24. The lowest BCUT2D eigenvalue weighted by molar-refractivity contribution is -0.150. The maximum Gasteiger partial charge on any atom is 0.306 e. The molecule has 0 aromatic carbocycles. The van der Waals surface area contributed by atoms with Gasteiger partial charge >= 0.3 is 5.97 Å². The van der Waals surface area contributed by atoms with Gasteiger partial charge < -0.3 is 20.3 Å². The maximum atomic E-state index is 13.3. The van der Waals surface area contributed by atoms with E-state index in [1.165, 1.54) is 180 Å². The van der Waals surface area contributed by atoms with Crippen molar-refractivity contribution in [2.75, 3.05) is 6.61 Å². The Morgan fingerprint density at radius 2 is 0.754 bits per heavy atom. The zero-order valence-electron chi connectivity index (χ0n) is 45.9. The average molecular weight is 967 g/mol. The summed E-state index contributed by atoms with van der Waals surface area (Å²) in [5, 5.41) is 23.9. The molecule has 0 rings (SSSR count). The van der Waals surface area contributed by atoms with E-state index in [9.17, 15) is 19.8 Å². The molecule has 0 aliphatic rings. The smallest absolute Gasteiger partial charge is 0.306 e. The number of nitrogens with one attached hydrogen (secondary N) is 1. The Morgan fingerprint density at radius 1 is 0.435 bits per heavy atom. The summed E-state index contributed by atoms with van der Waals surface area (Å²) in [6.07, 6.45) is 71.6. The van der Waals surface area contributed by atoms with E-state index in [4.69, 9.17) is 4.74 Å². The van der Waals surface area contributed by atoms with Gasteiger partial charge in [0.25, 0.3) is 0 Å². The van der Waals surface area contributed by atoms with Crippen LogP contribution in [0.5, 0.6) is 0 Å². The highest BCUT2D eigenvalue weighted by atomic mass is 16.5. The number of rotatable bonds is 54. The summed E-state index contributed by atoms with van der Waals surface area (Å²) < 4.78 is 5.93. The van der Waals surface area contributed by atoms with Crippen LogP contribution >= 0.6 is 0 Å². The van der Waals surface area contributed by atoms with Crippen LogP contribution in [0.4, 0.5) is 0 Å². The molecule has 0 aliphatic carbocycles. The normalized spacial score (nSPS) is 13.5. The van der Waals surface area contributed by atoms with Crippen LogP contribution in [0.25, 0.3) is 0 Å². The van der Waals surface area contributed by atoms with Crippen LogP contribution in [-0.4, -0.2) is 46.9 Å². The van der Waals surface area contributed by atoms with Gasteiger partial charge in [-0.05, 0) is 57.8 Å². The van der Waals surface area contributed by atoms with Crippen LogP contribution in [0.1, 0.15) is 303 Å². The third-order valence-corrected chi connectivity index (χ3v) is 13.6. The zero-order chi connectivity index (χ0) is 50.2. The molecule has 0 aromatic heterocycles. The number of ether oxygens (including phenoxy) is 1. The predicted molar refractivity (Wildman–Crippen MR) is 301 cm³/mol. The van der Waals surface area contributed by atoms with E-state index in [2.05, 4.69) is 80.8 Å². The summed E-state index contributed by atoms with van der Waals surface area (Å²) in [6, 6.07) is -0.717. The summed E-state index contributed by atoms with van der Waals surface area (Å²) in [5.74, 6) is -0.559. The molecule has 0 fully saturated rings. The van der Waals surface area contributed by atoms with Crippen LogP contribution in [0.3, 0.4) is 0 Å². The number of carbonyl (C=O) groups excluding carboxylic acids is 2. The van der Waals surface area contributed by atoms with Crippen molar-refractivity contribution in [2.45, 2.75) is 322 Å². The molecule has 0 saturated carbocycles. The SMILES string of the molecule is CC/C=C/C/C=C/C/C=C/C/C=C/C/C=C/CCC(=O)OC(CCCCCCCCCCCCCCCCCCC)CC(=O)NC(CO)C(O)CCCCCCCCCCCCCCCCCCC. The molecule has 0 aliphatic heterocycles. The maximum absolute atomic E-state index is 13.3. The molecular formula is C63H115NO5. The molecule has 3 atom stereocenters. The third-order valence-electron chi connectivity index (χ3n) is 13.6. The minimum atomic E-state index is -0.801. The first-order chi connectivity index (χ1) is 34.0. The second kappa shape index (κ2) is 56.5. The van der Waals surface area contributed by atoms with Crippen molar-refractivity contribution in [3.8, 4) is 0 Å². The van der Waals surface area contributed by atoms with Gasteiger partial charge in [0.15, 0.2) is 0 Å². The van der Waals surface area contributed by atoms with E-state index >= 15 is 0 Å². The zero-order valence-corrected chi connectivity index (χ0v) is 45.9. The van der Waals surface area contributed by atoms with Crippen LogP contribution in [-0.2, 0) is 14.3 Å². The number of carbonyl (C=O) groups is 2. The van der Waals surface area contributed by atoms with Crippen molar-refractivity contribution in [1.29, 1.82) is 0 Å². The summed E-state index contributed by atoms with van der Waals surface area (Å²) in [6.45, 7) is 6.40. The molecule has 0 aromatic rings. The minimum Gasteiger partial charge on any atom is -0.462 e.